The maximum Gasteiger partial charge on any atom is 0.305 e. The molecule has 1 amide bonds. The highest BCUT2D eigenvalue weighted by Gasteiger charge is 2.18. The summed E-state index contributed by atoms with van der Waals surface area (Å²) in [5.41, 5.74) is 0. The van der Waals surface area contributed by atoms with Crippen molar-refractivity contribution in [2.75, 3.05) is 13.2 Å². The van der Waals surface area contributed by atoms with E-state index in [0.29, 0.717) is 19.4 Å². The summed E-state index contributed by atoms with van der Waals surface area (Å²) in [6.07, 6.45) is 109. The topological polar surface area (TPSA) is 95.9 Å². The molecule has 0 bridgehead atoms. The summed E-state index contributed by atoms with van der Waals surface area (Å²) in [4.78, 5) is 24.7. The number of aliphatic hydroxyl groups excluding tert-OH is 2. The monoisotopic (exact) mass is 1320 g/mol. The molecular weight excluding hydrogens is 1150 g/mol. The van der Waals surface area contributed by atoms with Gasteiger partial charge in [-0.2, -0.15) is 0 Å². The number of nitrogens with one attached hydrogen (secondary N) is 1. The molecule has 0 aromatic carbocycles. The van der Waals surface area contributed by atoms with E-state index in [1.165, 1.54) is 437 Å². The summed E-state index contributed by atoms with van der Waals surface area (Å²) in [5, 5.41) is 23.3. The van der Waals surface area contributed by atoms with Gasteiger partial charge in [-0.15, -0.1) is 0 Å². The first kappa shape index (κ1) is 92.3. The zero-order chi connectivity index (χ0) is 67.7. The molecule has 0 aromatic rings. The smallest absolute Gasteiger partial charge is 0.305 e. The van der Waals surface area contributed by atoms with Crippen LogP contribution in [0.2, 0.25) is 0 Å². The minimum Gasteiger partial charge on any atom is -0.466 e. The molecule has 0 heterocycles. The largest absolute Gasteiger partial charge is 0.466 e. The molecule has 0 aliphatic carbocycles. The van der Waals surface area contributed by atoms with Crippen molar-refractivity contribution in [1.82, 2.24) is 5.32 Å². The zero-order valence-corrected chi connectivity index (χ0v) is 64.2. The fraction of sp³-hybridized carbons (Fsp3) is 0.932. The lowest BCUT2D eigenvalue weighted by Crippen LogP contribution is -2.45. The van der Waals surface area contributed by atoms with Gasteiger partial charge < -0.3 is 20.3 Å². The average molecular weight is 1320 g/mol. The third-order valence-corrected chi connectivity index (χ3v) is 20.7. The van der Waals surface area contributed by atoms with Gasteiger partial charge in [0.2, 0.25) is 5.91 Å². The molecule has 0 fully saturated rings. The number of amides is 1. The van der Waals surface area contributed by atoms with Gasteiger partial charge in [0.05, 0.1) is 25.4 Å². The summed E-state index contributed by atoms with van der Waals surface area (Å²) in [7, 11) is 0. The number of hydrogen-bond acceptors (Lipinski definition) is 5. The molecule has 0 spiro atoms. The first-order chi connectivity index (χ1) is 46.5. The summed E-state index contributed by atoms with van der Waals surface area (Å²) >= 11 is 0. The van der Waals surface area contributed by atoms with Crippen LogP contribution >= 0.6 is 0 Å². The molecule has 6 nitrogen and oxygen atoms in total. The van der Waals surface area contributed by atoms with E-state index in [9.17, 15) is 19.8 Å². The summed E-state index contributed by atoms with van der Waals surface area (Å²) < 4.78 is 5.51. The summed E-state index contributed by atoms with van der Waals surface area (Å²) in [6, 6.07) is -0.625. The highest BCUT2D eigenvalue weighted by atomic mass is 16.5. The molecule has 3 N–H and O–H groups in total. The quantitative estimate of drug-likeness (QED) is 0.0320. The Bertz CT molecular complexity index is 1480. The Morgan fingerprint density at radius 3 is 0.755 bits per heavy atom. The van der Waals surface area contributed by atoms with Gasteiger partial charge in [0.25, 0.3) is 0 Å². The number of aliphatic hydroxyl groups is 2. The number of allylic oxidation sites excluding steroid dienone is 3. The Morgan fingerprint density at radius 1 is 0.287 bits per heavy atom. The van der Waals surface area contributed by atoms with Crippen LogP contribution in [0.1, 0.15) is 502 Å². The van der Waals surface area contributed by atoms with Crippen LogP contribution in [0, 0.1) is 0 Å². The minimum absolute atomic E-state index is 0.0203. The first-order valence-electron chi connectivity index (χ1n) is 43.6. The van der Waals surface area contributed by atoms with Gasteiger partial charge in [-0.05, 0) is 57.8 Å². The minimum atomic E-state index is -0.842. The van der Waals surface area contributed by atoms with Crippen molar-refractivity contribution >= 4 is 11.9 Å². The second-order valence-corrected chi connectivity index (χ2v) is 30.2. The molecular formula is C88H171NO5. The third kappa shape index (κ3) is 79.3. The van der Waals surface area contributed by atoms with Crippen LogP contribution in [0.5, 0.6) is 0 Å². The van der Waals surface area contributed by atoms with E-state index < -0.39 is 12.1 Å². The number of ether oxygens (including phenoxy) is 1. The van der Waals surface area contributed by atoms with Crippen LogP contribution in [0.25, 0.3) is 0 Å². The lowest BCUT2D eigenvalue weighted by atomic mass is 10.0. The van der Waals surface area contributed by atoms with Gasteiger partial charge in [0, 0.05) is 12.8 Å². The normalized spacial score (nSPS) is 12.5. The van der Waals surface area contributed by atoms with Gasteiger partial charge in [0.15, 0.2) is 0 Å². The molecule has 558 valence electrons. The van der Waals surface area contributed by atoms with Crippen LogP contribution in [0.4, 0.5) is 0 Å². The summed E-state index contributed by atoms with van der Waals surface area (Å²) in [5.74, 6) is -0.0363. The van der Waals surface area contributed by atoms with E-state index in [-0.39, 0.29) is 18.5 Å². The lowest BCUT2D eigenvalue weighted by molar-refractivity contribution is -0.143. The van der Waals surface area contributed by atoms with E-state index in [4.69, 9.17) is 4.74 Å². The second-order valence-electron chi connectivity index (χ2n) is 30.2. The molecule has 0 rings (SSSR count). The van der Waals surface area contributed by atoms with Crippen molar-refractivity contribution in [2.45, 2.75) is 514 Å². The molecule has 0 aromatic heterocycles. The van der Waals surface area contributed by atoms with E-state index >= 15 is 0 Å². The van der Waals surface area contributed by atoms with Gasteiger partial charge in [-0.1, -0.05) is 456 Å². The van der Waals surface area contributed by atoms with Crippen molar-refractivity contribution in [1.29, 1.82) is 0 Å². The standard InChI is InChI=1S/C88H171NO5/c1-3-5-7-9-11-13-15-17-19-21-22-23-24-36-39-42-45-49-52-56-60-64-68-72-76-80-86(91)85(84-90)89-87(92)81-77-73-69-65-61-57-53-50-46-43-40-37-34-32-30-28-26-25-27-29-31-33-35-38-41-44-47-51-55-59-63-67-71-75-79-83-94-88(93)82-78-74-70-66-62-58-54-48-20-18-16-14-12-10-8-6-4-2/h18,20,76,80,85-86,90-91H,3-17,19,21-75,77-79,81-84H2,1-2H3,(H,89,92)/b20-18-,80-76+. The number of unbranched alkanes of at least 4 members (excludes halogenated alkanes) is 70. The number of esters is 1. The molecule has 0 aliphatic rings. The zero-order valence-electron chi connectivity index (χ0n) is 64.2. The van der Waals surface area contributed by atoms with Gasteiger partial charge in [0.1, 0.15) is 0 Å². The molecule has 0 saturated carbocycles. The van der Waals surface area contributed by atoms with Crippen molar-refractivity contribution in [3.63, 3.8) is 0 Å². The average Bonchev–Trinajstić information content (AvgIpc) is 3.67. The Morgan fingerprint density at radius 2 is 0.500 bits per heavy atom. The Balaban J connectivity index is 3.33. The van der Waals surface area contributed by atoms with Crippen LogP contribution in [0.3, 0.4) is 0 Å². The highest BCUT2D eigenvalue weighted by Crippen LogP contribution is 2.21. The van der Waals surface area contributed by atoms with Crippen LogP contribution in [-0.2, 0) is 14.3 Å². The fourth-order valence-corrected chi connectivity index (χ4v) is 14.1. The van der Waals surface area contributed by atoms with Crippen LogP contribution < -0.4 is 5.32 Å². The number of carbonyl (C=O) groups excluding carboxylic acids is 2. The number of carbonyl (C=O) groups is 2. The molecule has 0 saturated heterocycles. The van der Waals surface area contributed by atoms with E-state index in [0.717, 1.165) is 38.5 Å². The number of rotatable bonds is 83. The fourth-order valence-electron chi connectivity index (χ4n) is 14.1. The van der Waals surface area contributed by atoms with Crippen LogP contribution in [0.15, 0.2) is 24.3 Å². The molecule has 2 unspecified atom stereocenters. The predicted octanol–water partition coefficient (Wildman–Crippen LogP) is 29.2. The first-order valence-corrected chi connectivity index (χ1v) is 43.6. The van der Waals surface area contributed by atoms with Crippen molar-refractivity contribution in [3.05, 3.63) is 24.3 Å². The predicted molar refractivity (Wildman–Crippen MR) is 417 cm³/mol. The van der Waals surface area contributed by atoms with Gasteiger partial charge in [-0.3, -0.25) is 9.59 Å². The van der Waals surface area contributed by atoms with E-state index in [1.54, 1.807) is 6.08 Å². The van der Waals surface area contributed by atoms with Crippen molar-refractivity contribution in [3.8, 4) is 0 Å². The Labute approximate surface area is 590 Å². The van der Waals surface area contributed by atoms with E-state index in [2.05, 4.69) is 31.3 Å². The number of hydrogen-bond donors (Lipinski definition) is 3. The molecule has 0 radical (unpaired) electrons. The van der Waals surface area contributed by atoms with Gasteiger partial charge in [-0.25, -0.2) is 0 Å². The third-order valence-electron chi connectivity index (χ3n) is 20.7. The second kappa shape index (κ2) is 83.8. The van der Waals surface area contributed by atoms with Gasteiger partial charge >= 0.3 is 5.97 Å². The van der Waals surface area contributed by atoms with Crippen molar-refractivity contribution in [2.24, 2.45) is 0 Å². The highest BCUT2D eigenvalue weighted by molar-refractivity contribution is 5.76. The van der Waals surface area contributed by atoms with Crippen molar-refractivity contribution < 1.29 is 24.5 Å². The van der Waals surface area contributed by atoms with Crippen LogP contribution in [-0.4, -0.2) is 47.4 Å². The molecule has 6 heteroatoms. The molecule has 94 heavy (non-hydrogen) atoms. The molecule has 2 atom stereocenters. The Hall–Kier alpha value is -1.66. The maximum absolute atomic E-state index is 12.6. The lowest BCUT2D eigenvalue weighted by Gasteiger charge is -2.20. The molecule has 0 aliphatic heterocycles. The summed E-state index contributed by atoms with van der Waals surface area (Å²) in [6.45, 7) is 4.96. The SMILES string of the molecule is CCCCCCCC/C=C\CCCCCCCCCC(=O)OCCCCCCCCCCCCCCCCCCCCCCCCCCCCCCCCCCCCCC(=O)NC(CO)C(O)/C=C/CCCCCCCCCCCCCCCCCCCCCCCCC. The van der Waals surface area contributed by atoms with E-state index in [1.807, 2.05) is 6.08 Å². The maximum atomic E-state index is 12.6. The Kier molecular flexibility index (Phi) is 82.3.